The van der Waals surface area contributed by atoms with Crippen LogP contribution in [0.3, 0.4) is 0 Å². The number of carbonyl (C=O) groups excluding carboxylic acids is 1. The van der Waals surface area contributed by atoms with Crippen LogP contribution in [0.4, 0.5) is 0 Å². The van der Waals surface area contributed by atoms with Gasteiger partial charge in [-0.3, -0.25) is 4.79 Å². The Balaban J connectivity index is 1.80. The minimum Gasteiger partial charge on any atom is -0.352 e. The van der Waals surface area contributed by atoms with Gasteiger partial charge in [-0.1, -0.05) is 13.3 Å². The van der Waals surface area contributed by atoms with Gasteiger partial charge in [0.15, 0.2) is 0 Å². The standard InChI is InChI=1S/C12H18N2O/c1-2-8(6-7-13)14-12(15)11-9-4-3-5-10(9)11/h8-11H,2-6H2,1H3,(H,14,15). The highest BCUT2D eigenvalue weighted by Crippen LogP contribution is 2.57. The van der Waals surface area contributed by atoms with E-state index in [9.17, 15) is 4.79 Å². The summed E-state index contributed by atoms with van der Waals surface area (Å²) in [5.41, 5.74) is 0. The SMILES string of the molecule is CCC(CC#N)NC(=O)C1C2CCCC21. The molecule has 0 aromatic rings. The van der Waals surface area contributed by atoms with Gasteiger partial charge in [-0.25, -0.2) is 0 Å². The highest BCUT2D eigenvalue weighted by atomic mass is 16.2. The third-order valence-electron chi connectivity index (χ3n) is 3.89. The topological polar surface area (TPSA) is 52.9 Å². The number of rotatable bonds is 4. The van der Waals surface area contributed by atoms with Gasteiger partial charge in [0.1, 0.15) is 0 Å². The monoisotopic (exact) mass is 206 g/mol. The van der Waals surface area contributed by atoms with Crippen molar-refractivity contribution in [2.75, 3.05) is 0 Å². The smallest absolute Gasteiger partial charge is 0.223 e. The number of nitriles is 1. The van der Waals surface area contributed by atoms with Crippen LogP contribution < -0.4 is 5.32 Å². The molecule has 0 heterocycles. The molecule has 2 aliphatic carbocycles. The van der Waals surface area contributed by atoms with Crippen molar-refractivity contribution in [3.63, 3.8) is 0 Å². The molecule has 3 atom stereocenters. The van der Waals surface area contributed by atoms with Crippen molar-refractivity contribution in [2.45, 2.75) is 45.1 Å². The molecular formula is C12H18N2O. The Morgan fingerprint density at radius 1 is 1.53 bits per heavy atom. The van der Waals surface area contributed by atoms with E-state index in [1.54, 1.807) is 0 Å². The molecule has 2 aliphatic rings. The molecule has 0 radical (unpaired) electrons. The van der Waals surface area contributed by atoms with Crippen molar-refractivity contribution >= 4 is 5.91 Å². The van der Waals surface area contributed by atoms with Crippen LogP contribution in [0.2, 0.25) is 0 Å². The van der Waals surface area contributed by atoms with Crippen molar-refractivity contribution in [3.8, 4) is 6.07 Å². The van der Waals surface area contributed by atoms with Crippen LogP contribution in [-0.4, -0.2) is 11.9 Å². The van der Waals surface area contributed by atoms with E-state index in [-0.39, 0.29) is 17.9 Å². The van der Waals surface area contributed by atoms with E-state index < -0.39 is 0 Å². The summed E-state index contributed by atoms with van der Waals surface area (Å²) in [6.07, 6.45) is 5.05. The van der Waals surface area contributed by atoms with Gasteiger partial charge in [-0.05, 0) is 31.1 Å². The predicted molar refractivity (Wildman–Crippen MR) is 56.8 cm³/mol. The Labute approximate surface area is 90.8 Å². The van der Waals surface area contributed by atoms with Crippen molar-refractivity contribution in [1.29, 1.82) is 5.26 Å². The molecule has 0 aromatic carbocycles. The van der Waals surface area contributed by atoms with Crippen LogP contribution >= 0.6 is 0 Å². The number of nitrogens with zero attached hydrogens (tertiary/aromatic N) is 1. The van der Waals surface area contributed by atoms with Gasteiger partial charge in [0.25, 0.3) is 0 Å². The Kier molecular flexibility index (Phi) is 2.95. The molecule has 0 saturated heterocycles. The molecule has 0 spiro atoms. The Bertz CT molecular complexity index is 284. The molecule has 2 saturated carbocycles. The van der Waals surface area contributed by atoms with Gasteiger partial charge in [0.05, 0.1) is 12.5 Å². The average molecular weight is 206 g/mol. The number of nitrogens with one attached hydrogen (secondary N) is 1. The molecule has 3 heteroatoms. The predicted octanol–water partition coefficient (Wildman–Crippen LogP) is 1.84. The van der Waals surface area contributed by atoms with Crippen molar-refractivity contribution in [1.82, 2.24) is 5.32 Å². The zero-order valence-electron chi connectivity index (χ0n) is 9.20. The summed E-state index contributed by atoms with van der Waals surface area (Å²) in [5, 5.41) is 11.6. The number of amides is 1. The summed E-state index contributed by atoms with van der Waals surface area (Å²) in [5.74, 6) is 1.83. The van der Waals surface area contributed by atoms with Crippen LogP contribution in [0.25, 0.3) is 0 Å². The summed E-state index contributed by atoms with van der Waals surface area (Å²) in [7, 11) is 0. The van der Waals surface area contributed by atoms with Crippen LogP contribution in [0.1, 0.15) is 39.0 Å². The van der Waals surface area contributed by atoms with Crippen LogP contribution in [0, 0.1) is 29.1 Å². The minimum absolute atomic E-state index is 0.0591. The second-order valence-electron chi connectivity index (χ2n) is 4.76. The van der Waals surface area contributed by atoms with E-state index in [2.05, 4.69) is 11.4 Å². The summed E-state index contributed by atoms with van der Waals surface area (Å²) >= 11 is 0. The first-order chi connectivity index (χ1) is 7.27. The van der Waals surface area contributed by atoms with E-state index in [4.69, 9.17) is 5.26 Å². The second kappa shape index (κ2) is 4.22. The summed E-state index contributed by atoms with van der Waals surface area (Å²) in [4.78, 5) is 11.8. The lowest BCUT2D eigenvalue weighted by Crippen LogP contribution is -2.36. The maximum absolute atomic E-state index is 11.8. The van der Waals surface area contributed by atoms with Gasteiger partial charge >= 0.3 is 0 Å². The molecule has 0 aromatic heterocycles. The van der Waals surface area contributed by atoms with Crippen LogP contribution in [-0.2, 0) is 4.79 Å². The first-order valence-corrected chi connectivity index (χ1v) is 5.95. The summed E-state index contributed by atoms with van der Waals surface area (Å²) < 4.78 is 0. The molecule has 1 N–H and O–H groups in total. The van der Waals surface area contributed by atoms with Gasteiger partial charge < -0.3 is 5.32 Å². The van der Waals surface area contributed by atoms with E-state index in [1.807, 2.05) is 6.92 Å². The minimum atomic E-state index is 0.0591. The Morgan fingerprint density at radius 3 is 2.73 bits per heavy atom. The van der Waals surface area contributed by atoms with Gasteiger partial charge in [0, 0.05) is 12.0 Å². The van der Waals surface area contributed by atoms with E-state index in [0.717, 1.165) is 6.42 Å². The number of hydrogen-bond donors (Lipinski definition) is 1. The number of fused-ring (bicyclic) bond motifs is 1. The molecule has 3 nitrogen and oxygen atoms in total. The molecule has 0 bridgehead atoms. The lowest BCUT2D eigenvalue weighted by molar-refractivity contribution is -0.123. The molecular weight excluding hydrogens is 188 g/mol. The fraction of sp³-hybridized carbons (Fsp3) is 0.833. The lowest BCUT2D eigenvalue weighted by Gasteiger charge is -2.14. The summed E-state index contributed by atoms with van der Waals surface area (Å²) in [6.45, 7) is 2.01. The van der Waals surface area contributed by atoms with E-state index in [1.165, 1.54) is 19.3 Å². The molecule has 0 aliphatic heterocycles. The molecule has 1 amide bonds. The molecule has 15 heavy (non-hydrogen) atoms. The molecule has 82 valence electrons. The zero-order valence-corrected chi connectivity index (χ0v) is 9.20. The normalized spacial score (nSPS) is 34.0. The number of hydrogen-bond acceptors (Lipinski definition) is 2. The lowest BCUT2D eigenvalue weighted by atomic mass is 10.1. The average Bonchev–Trinajstić information content (AvgIpc) is 2.72. The largest absolute Gasteiger partial charge is 0.352 e. The first kappa shape index (κ1) is 10.5. The fourth-order valence-corrected chi connectivity index (χ4v) is 2.92. The number of carbonyl (C=O) groups is 1. The van der Waals surface area contributed by atoms with E-state index in [0.29, 0.717) is 18.3 Å². The second-order valence-corrected chi connectivity index (χ2v) is 4.76. The van der Waals surface area contributed by atoms with Crippen molar-refractivity contribution < 1.29 is 4.79 Å². The molecule has 2 fully saturated rings. The highest BCUT2D eigenvalue weighted by Gasteiger charge is 2.56. The maximum atomic E-state index is 11.8. The molecule has 3 unspecified atom stereocenters. The zero-order chi connectivity index (χ0) is 10.8. The highest BCUT2D eigenvalue weighted by molar-refractivity contribution is 5.82. The maximum Gasteiger partial charge on any atom is 0.223 e. The molecule has 2 rings (SSSR count). The quantitative estimate of drug-likeness (QED) is 0.763. The van der Waals surface area contributed by atoms with Crippen LogP contribution in [0.15, 0.2) is 0 Å². The Hall–Kier alpha value is -1.04. The third kappa shape index (κ3) is 1.99. The first-order valence-electron chi connectivity index (χ1n) is 5.95. The Morgan fingerprint density at radius 2 is 2.20 bits per heavy atom. The van der Waals surface area contributed by atoms with Gasteiger partial charge in [-0.2, -0.15) is 5.26 Å². The van der Waals surface area contributed by atoms with Gasteiger partial charge in [-0.15, -0.1) is 0 Å². The van der Waals surface area contributed by atoms with Gasteiger partial charge in [0.2, 0.25) is 5.91 Å². The fourth-order valence-electron chi connectivity index (χ4n) is 2.92. The van der Waals surface area contributed by atoms with Crippen molar-refractivity contribution in [2.24, 2.45) is 17.8 Å². The summed E-state index contributed by atoms with van der Waals surface area (Å²) in [6, 6.07) is 2.18. The van der Waals surface area contributed by atoms with E-state index >= 15 is 0 Å². The van der Waals surface area contributed by atoms with Crippen molar-refractivity contribution in [3.05, 3.63) is 0 Å². The third-order valence-corrected chi connectivity index (χ3v) is 3.89. The van der Waals surface area contributed by atoms with Crippen LogP contribution in [0.5, 0.6) is 0 Å².